The molecule has 8 nitrogen and oxygen atoms in total. The molecule has 2 aromatic rings. The summed E-state index contributed by atoms with van der Waals surface area (Å²) in [6.45, 7) is 4.57. The lowest BCUT2D eigenvalue weighted by atomic mass is 9.78. The molecular weight excluding hydrogens is 478 g/mol. The van der Waals surface area contributed by atoms with Gasteiger partial charge in [0, 0.05) is 56.3 Å². The lowest BCUT2D eigenvalue weighted by Gasteiger charge is -2.49. The number of hydrogen-bond donors (Lipinski definition) is 1. The first-order valence-corrected chi connectivity index (χ1v) is 13.5. The molecule has 0 bridgehead atoms. The molecule has 11 heteroatoms. The summed E-state index contributed by atoms with van der Waals surface area (Å²) in [5.41, 5.74) is -0.380. The van der Waals surface area contributed by atoms with Gasteiger partial charge in [-0.05, 0) is 17.7 Å². The number of benzene rings is 1. The van der Waals surface area contributed by atoms with Gasteiger partial charge in [0.15, 0.2) is 21.3 Å². The van der Waals surface area contributed by atoms with Crippen LogP contribution in [0.25, 0.3) is 0 Å². The van der Waals surface area contributed by atoms with Crippen LogP contribution in [-0.4, -0.2) is 49.4 Å². The Bertz CT molecular complexity index is 1280. The number of fused-ring (bicyclic) bond motifs is 1. The van der Waals surface area contributed by atoms with Gasteiger partial charge < -0.3 is 19.5 Å². The quantitative estimate of drug-likeness (QED) is 0.662. The number of rotatable bonds is 4. The van der Waals surface area contributed by atoms with Crippen molar-refractivity contribution in [2.24, 2.45) is 0 Å². The zero-order valence-corrected chi connectivity index (χ0v) is 20.6. The summed E-state index contributed by atoms with van der Waals surface area (Å²) in [4.78, 5) is 6.42. The number of allylic oxidation sites excluding steroid dienone is 1. The first-order valence-electron chi connectivity index (χ1n) is 11.6. The highest BCUT2D eigenvalue weighted by Gasteiger charge is 2.60. The molecule has 0 amide bonds. The minimum atomic E-state index is -3.31. The Kier molecular flexibility index (Phi) is 5.65. The second-order valence-electron chi connectivity index (χ2n) is 9.74. The van der Waals surface area contributed by atoms with Crippen LogP contribution in [0, 0.1) is 0 Å². The first kappa shape index (κ1) is 23.8. The van der Waals surface area contributed by atoms with Gasteiger partial charge in [-0.15, -0.1) is 0 Å². The summed E-state index contributed by atoms with van der Waals surface area (Å²) in [6, 6.07) is 6.41. The van der Waals surface area contributed by atoms with Crippen molar-refractivity contribution in [3.63, 3.8) is 0 Å². The van der Waals surface area contributed by atoms with Crippen LogP contribution in [-0.2, 0) is 14.6 Å². The number of halogens is 2. The molecule has 2 fully saturated rings. The van der Waals surface area contributed by atoms with Crippen LogP contribution in [0.2, 0.25) is 0 Å². The van der Waals surface area contributed by atoms with E-state index in [-0.39, 0.29) is 29.7 Å². The van der Waals surface area contributed by atoms with Crippen LogP contribution < -0.4 is 10.2 Å². The number of dihydropyridines is 1. The van der Waals surface area contributed by atoms with Gasteiger partial charge in [-0.2, -0.15) is 4.98 Å². The van der Waals surface area contributed by atoms with Crippen molar-refractivity contribution in [1.29, 1.82) is 0 Å². The molecule has 0 aliphatic carbocycles. The highest BCUT2D eigenvalue weighted by Crippen LogP contribution is 2.52. The highest BCUT2D eigenvalue weighted by molar-refractivity contribution is 7.90. The first-order chi connectivity index (χ1) is 16.5. The summed E-state index contributed by atoms with van der Waals surface area (Å²) in [5.74, 6) is -1.92. The summed E-state index contributed by atoms with van der Waals surface area (Å²) < 4.78 is 65.8. The number of alkyl halides is 2. The van der Waals surface area contributed by atoms with E-state index in [0.29, 0.717) is 36.3 Å². The predicted molar refractivity (Wildman–Crippen MR) is 125 cm³/mol. The summed E-state index contributed by atoms with van der Waals surface area (Å²) >= 11 is 0. The third-order valence-corrected chi connectivity index (χ3v) is 8.05. The van der Waals surface area contributed by atoms with E-state index in [0.717, 1.165) is 11.8 Å². The minimum absolute atomic E-state index is 0.118. The minimum Gasteiger partial charge on any atom is -0.479 e. The molecule has 2 saturated heterocycles. The van der Waals surface area contributed by atoms with E-state index in [4.69, 9.17) is 9.26 Å². The van der Waals surface area contributed by atoms with E-state index in [1.54, 1.807) is 24.4 Å². The molecule has 3 aliphatic heterocycles. The van der Waals surface area contributed by atoms with Gasteiger partial charge in [0.1, 0.15) is 5.76 Å². The van der Waals surface area contributed by atoms with Crippen LogP contribution in [0.5, 0.6) is 0 Å². The molecule has 35 heavy (non-hydrogen) atoms. The average molecular weight is 507 g/mol. The van der Waals surface area contributed by atoms with Crippen molar-refractivity contribution in [2.45, 2.75) is 61.5 Å². The number of piperidine rings is 1. The van der Waals surface area contributed by atoms with Crippen molar-refractivity contribution in [3.8, 4) is 0 Å². The van der Waals surface area contributed by atoms with E-state index < -0.39 is 27.8 Å². The molecule has 3 aliphatic rings. The van der Waals surface area contributed by atoms with Gasteiger partial charge >= 0.3 is 6.01 Å². The van der Waals surface area contributed by atoms with Gasteiger partial charge in [-0.1, -0.05) is 37.2 Å². The Labute approximate surface area is 202 Å². The lowest BCUT2D eigenvalue weighted by Crippen LogP contribution is -2.59. The summed E-state index contributed by atoms with van der Waals surface area (Å²) in [6.07, 6.45) is 4.34. The van der Waals surface area contributed by atoms with E-state index in [1.165, 1.54) is 12.1 Å². The predicted octanol–water partition coefficient (Wildman–Crippen LogP) is 4.10. The largest absolute Gasteiger partial charge is 0.479 e. The molecule has 0 radical (unpaired) electrons. The summed E-state index contributed by atoms with van der Waals surface area (Å²) in [7, 11) is -3.31. The maximum Gasteiger partial charge on any atom is 0.324 e. The van der Waals surface area contributed by atoms with Gasteiger partial charge in [0.2, 0.25) is 0 Å². The van der Waals surface area contributed by atoms with Gasteiger partial charge in [-0.3, -0.25) is 0 Å². The number of hydrogen-bond acceptors (Lipinski definition) is 8. The number of nitrogens with one attached hydrogen (secondary N) is 1. The van der Waals surface area contributed by atoms with Gasteiger partial charge in [0.25, 0.3) is 5.92 Å². The molecule has 1 aromatic carbocycles. The second kappa shape index (κ2) is 8.32. The Morgan fingerprint density at radius 2 is 1.86 bits per heavy atom. The normalized spacial score (nSPS) is 23.3. The fourth-order valence-corrected chi connectivity index (χ4v) is 5.38. The SMILES string of the molecule is CC(C)c1noc(N2CCC3(CC2)OC2=CNC(c4ccc(S(C)(=O)=O)cc4)C=C2CC3(F)F)n1. The number of anilines is 1. The average Bonchev–Trinajstić information content (AvgIpc) is 3.30. The van der Waals surface area contributed by atoms with Crippen LogP contribution >= 0.6 is 0 Å². The van der Waals surface area contributed by atoms with Gasteiger partial charge in [0.05, 0.1) is 10.9 Å². The van der Waals surface area contributed by atoms with Crippen LogP contribution in [0.15, 0.2) is 57.3 Å². The Balaban J connectivity index is 1.30. The van der Waals surface area contributed by atoms with Crippen molar-refractivity contribution < 1.29 is 26.5 Å². The second-order valence-corrected chi connectivity index (χ2v) is 11.8. The van der Waals surface area contributed by atoms with Crippen molar-refractivity contribution in [3.05, 3.63) is 59.3 Å². The standard InChI is InChI=1S/C24H28F2N4O4S/c1-15(2)21-28-22(34-29-21)30-10-8-23(9-11-30)24(25,26)13-17-12-19(27-14-20(17)33-23)16-4-6-18(7-5-16)35(3,31)32/h4-7,12,14-15,19,27H,8-11,13H2,1-3H3. The van der Waals surface area contributed by atoms with E-state index >= 15 is 8.78 Å². The number of aromatic nitrogens is 2. The zero-order valence-electron chi connectivity index (χ0n) is 19.8. The van der Waals surface area contributed by atoms with Crippen LogP contribution in [0.4, 0.5) is 14.8 Å². The summed E-state index contributed by atoms with van der Waals surface area (Å²) in [5, 5.41) is 7.15. The van der Waals surface area contributed by atoms with Crippen molar-refractivity contribution >= 4 is 15.9 Å². The molecule has 1 spiro atoms. The van der Waals surface area contributed by atoms with Crippen molar-refractivity contribution in [1.82, 2.24) is 15.5 Å². The Hall–Kier alpha value is -2.95. The fraction of sp³-hybridized carbons (Fsp3) is 0.500. The topological polar surface area (TPSA) is 97.6 Å². The molecule has 1 N–H and O–H groups in total. The van der Waals surface area contributed by atoms with Crippen LogP contribution in [0.3, 0.4) is 0 Å². The molecule has 0 saturated carbocycles. The van der Waals surface area contributed by atoms with Crippen molar-refractivity contribution in [2.75, 3.05) is 24.2 Å². The Morgan fingerprint density at radius 3 is 2.46 bits per heavy atom. The van der Waals surface area contributed by atoms with Crippen LogP contribution in [0.1, 0.15) is 56.5 Å². The molecule has 1 unspecified atom stereocenters. The van der Waals surface area contributed by atoms with E-state index in [1.807, 2.05) is 18.7 Å². The molecule has 1 atom stereocenters. The number of sulfone groups is 1. The third-order valence-electron chi connectivity index (χ3n) is 6.92. The number of nitrogens with zero attached hydrogens (tertiary/aromatic N) is 3. The molecule has 5 rings (SSSR count). The lowest BCUT2D eigenvalue weighted by molar-refractivity contribution is -0.213. The van der Waals surface area contributed by atoms with E-state index in [2.05, 4.69) is 15.5 Å². The highest BCUT2D eigenvalue weighted by atomic mass is 32.2. The monoisotopic (exact) mass is 506 g/mol. The molecule has 4 heterocycles. The smallest absolute Gasteiger partial charge is 0.324 e. The maximum atomic E-state index is 15.5. The number of ether oxygens (including phenoxy) is 1. The Morgan fingerprint density at radius 1 is 1.17 bits per heavy atom. The zero-order chi connectivity index (χ0) is 25.0. The van der Waals surface area contributed by atoms with E-state index in [9.17, 15) is 8.42 Å². The molecule has 188 valence electrons. The van der Waals surface area contributed by atoms with Gasteiger partial charge in [-0.25, -0.2) is 17.2 Å². The fourth-order valence-electron chi connectivity index (χ4n) is 4.75. The molecular formula is C24H28F2N4O4S. The molecule has 1 aromatic heterocycles. The maximum absolute atomic E-state index is 15.5. The third kappa shape index (κ3) is 4.30.